The first kappa shape index (κ1) is 16.4. The molecule has 0 aromatic heterocycles. The molecule has 0 aliphatic carbocycles. The van der Waals surface area contributed by atoms with Gasteiger partial charge in [-0.1, -0.05) is 0 Å². The Kier molecular flexibility index (Phi) is 6.97. The number of carbonyl (C=O) groups is 1. The number of hydrogen-bond donors (Lipinski definition) is 1. The summed E-state index contributed by atoms with van der Waals surface area (Å²) in [5.41, 5.74) is -0.299. The Morgan fingerprint density at radius 1 is 1.00 bits per heavy atom. The van der Waals surface area contributed by atoms with Crippen LogP contribution in [0.2, 0.25) is 0 Å². The van der Waals surface area contributed by atoms with Crippen LogP contribution in [0.1, 0.15) is 10.4 Å². The van der Waals surface area contributed by atoms with Crippen LogP contribution >= 0.6 is 63.7 Å². The number of carboxylic acids is 1. The summed E-state index contributed by atoms with van der Waals surface area (Å²) in [6, 6.07) is 0. The molecule has 76 valence electrons. The summed E-state index contributed by atoms with van der Waals surface area (Å²) in [7, 11) is 0. The smallest absolute Gasteiger partial charge is 0.545 e. The van der Waals surface area contributed by atoms with Crippen molar-refractivity contribution in [2.24, 2.45) is 0 Å². The largest absolute Gasteiger partial charge is 1.00 e. The second-order valence-electron chi connectivity index (χ2n) is 2.27. The fraction of sp³-hybridized carbons (Fsp3) is 0. The normalized spacial score (nSPS) is 9.60. The number of rotatable bonds is 1. The van der Waals surface area contributed by atoms with E-state index in [-0.39, 0.29) is 49.8 Å². The first-order chi connectivity index (χ1) is 6.37. The monoisotopic (exact) mass is 472 g/mol. The molecule has 0 saturated carbocycles. The van der Waals surface area contributed by atoms with Gasteiger partial charge in [0.1, 0.15) is 5.75 Å². The zero-order chi connectivity index (χ0) is 11.0. The molecule has 0 spiro atoms. The van der Waals surface area contributed by atoms with E-state index >= 15 is 0 Å². The SMILES string of the molecule is O=C([O-])c1c(O)c(Br)c(Br)c(Br)c1Br.[Na+]. The minimum Gasteiger partial charge on any atom is -0.545 e. The van der Waals surface area contributed by atoms with E-state index in [1.165, 1.54) is 0 Å². The number of hydrogen-bond acceptors (Lipinski definition) is 3. The van der Waals surface area contributed by atoms with Crippen molar-refractivity contribution in [3.8, 4) is 5.75 Å². The minimum atomic E-state index is -1.46. The third kappa shape index (κ3) is 3.20. The van der Waals surface area contributed by atoms with Crippen molar-refractivity contribution < 1.29 is 44.6 Å². The van der Waals surface area contributed by atoms with E-state index in [2.05, 4.69) is 63.7 Å². The van der Waals surface area contributed by atoms with Crippen LogP contribution in [-0.2, 0) is 0 Å². The van der Waals surface area contributed by atoms with Gasteiger partial charge in [0, 0.05) is 8.95 Å². The van der Waals surface area contributed by atoms with E-state index in [1.54, 1.807) is 0 Å². The summed E-state index contributed by atoms with van der Waals surface area (Å²) in [5, 5.41) is 20.2. The molecular formula is C7HBr4NaO3. The van der Waals surface area contributed by atoms with Gasteiger partial charge in [-0.2, -0.15) is 0 Å². The molecular weight excluding hydrogens is 475 g/mol. The quantitative estimate of drug-likeness (QED) is 0.348. The van der Waals surface area contributed by atoms with Gasteiger partial charge in [0.2, 0.25) is 0 Å². The van der Waals surface area contributed by atoms with Crippen molar-refractivity contribution in [1.82, 2.24) is 0 Å². The summed E-state index contributed by atoms with van der Waals surface area (Å²) in [5.74, 6) is -1.84. The molecule has 0 heterocycles. The second kappa shape index (κ2) is 6.37. The standard InChI is InChI=1S/C7H2Br4O3.Na/c8-2-1(7(13)14)6(12)5(11)4(10)3(2)9;/h12H,(H,13,14);/q;+1/p-1. The third-order valence-electron chi connectivity index (χ3n) is 1.45. The second-order valence-corrected chi connectivity index (χ2v) is 5.44. The number of aromatic hydroxyl groups is 1. The Morgan fingerprint density at radius 2 is 1.40 bits per heavy atom. The van der Waals surface area contributed by atoms with Crippen LogP contribution in [0.3, 0.4) is 0 Å². The molecule has 0 fully saturated rings. The maximum atomic E-state index is 10.7. The first-order valence-corrected chi connectivity index (χ1v) is 6.31. The molecule has 3 nitrogen and oxygen atoms in total. The van der Waals surface area contributed by atoms with E-state index in [0.717, 1.165) is 0 Å². The van der Waals surface area contributed by atoms with E-state index in [9.17, 15) is 15.0 Å². The number of halogens is 4. The average molecular weight is 476 g/mol. The van der Waals surface area contributed by atoms with Gasteiger partial charge in [-0.05, 0) is 63.7 Å². The number of phenols is 1. The maximum Gasteiger partial charge on any atom is 1.00 e. The Balaban J connectivity index is 0.00000196. The van der Waals surface area contributed by atoms with E-state index < -0.39 is 5.97 Å². The molecule has 1 aromatic carbocycles. The fourth-order valence-corrected chi connectivity index (χ4v) is 3.07. The van der Waals surface area contributed by atoms with Gasteiger partial charge in [0.05, 0.1) is 20.5 Å². The summed E-state index contributed by atoms with van der Waals surface area (Å²) in [6.45, 7) is 0. The summed E-state index contributed by atoms with van der Waals surface area (Å²) < 4.78 is 1.49. The van der Waals surface area contributed by atoms with Crippen molar-refractivity contribution in [3.63, 3.8) is 0 Å². The summed E-state index contributed by atoms with van der Waals surface area (Å²) >= 11 is 12.4. The molecule has 0 atom stereocenters. The van der Waals surface area contributed by atoms with Crippen LogP contribution in [0.4, 0.5) is 0 Å². The number of carboxylic acid groups (broad SMARTS) is 1. The van der Waals surface area contributed by atoms with Crippen LogP contribution in [-0.4, -0.2) is 11.1 Å². The van der Waals surface area contributed by atoms with Gasteiger partial charge in [0.25, 0.3) is 0 Å². The van der Waals surface area contributed by atoms with Gasteiger partial charge in [0.15, 0.2) is 0 Å². The van der Waals surface area contributed by atoms with Crippen molar-refractivity contribution in [2.45, 2.75) is 0 Å². The molecule has 0 radical (unpaired) electrons. The predicted octanol–water partition coefficient (Wildman–Crippen LogP) is -0.190. The van der Waals surface area contributed by atoms with Crippen LogP contribution in [0.15, 0.2) is 17.9 Å². The molecule has 8 heteroatoms. The van der Waals surface area contributed by atoms with Gasteiger partial charge in [-0.25, -0.2) is 0 Å². The molecule has 0 amide bonds. The summed E-state index contributed by atoms with van der Waals surface area (Å²) in [4.78, 5) is 10.7. The molecule has 15 heavy (non-hydrogen) atoms. The van der Waals surface area contributed by atoms with Gasteiger partial charge >= 0.3 is 29.6 Å². The first-order valence-electron chi connectivity index (χ1n) is 3.14. The van der Waals surface area contributed by atoms with E-state index in [0.29, 0.717) is 8.95 Å². The number of aromatic carboxylic acids is 1. The van der Waals surface area contributed by atoms with E-state index in [4.69, 9.17) is 0 Å². The minimum absolute atomic E-state index is 0. The number of benzene rings is 1. The number of carbonyl (C=O) groups excluding carboxylic acids is 1. The molecule has 0 unspecified atom stereocenters. The topological polar surface area (TPSA) is 60.4 Å². The Hall–Kier alpha value is 1.41. The van der Waals surface area contributed by atoms with Crippen molar-refractivity contribution in [2.75, 3.05) is 0 Å². The molecule has 1 aromatic rings. The predicted molar refractivity (Wildman–Crippen MR) is 63.2 cm³/mol. The van der Waals surface area contributed by atoms with Gasteiger partial charge in [-0.15, -0.1) is 0 Å². The molecule has 0 bridgehead atoms. The van der Waals surface area contributed by atoms with Crippen molar-refractivity contribution >= 4 is 69.7 Å². The zero-order valence-corrected chi connectivity index (χ0v) is 15.6. The Bertz CT molecular complexity index is 392. The van der Waals surface area contributed by atoms with Crippen LogP contribution in [0, 0.1) is 0 Å². The fourth-order valence-electron chi connectivity index (χ4n) is 0.806. The third-order valence-corrected chi connectivity index (χ3v) is 6.19. The van der Waals surface area contributed by atoms with Crippen LogP contribution in [0.5, 0.6) is 5.75 Å². The molecule has 0 aliphatic rings. The van der Waals surface area contributed by atoms with Gasteiger partial charge in [-0.3, -0.25) is 0 Å². The molecule has 0 aliphatic heterocycles. The molecule has 1 rings (SSSR count). The Morgan fingerprint density at radius 3 is 1.80 bits per heavy atom. The maximum absolute atomic E-state index is 10.7. The van der Waals surface area contributed by atoms with Crippen molar-refractivity contribution in [1.29, 1.82) is 0 Å². The van der Waals surface area contributed by atoms with Crippen molar-refractivity contribution in [3.05, 3.63) is 23.5 Å². The summed E-state index contributed by atoms with van der Waals surface area (Å²) in [6.07, 6.45) is 0. The van der Waals surface area contributed by atoms with Crippen LogP contribution < -0.4 is 34.7 Å². The van der Waals surface area contributed by atoms with Crippen LogP contribution in [0.25, 0.3) is 0 Å². The zero-order valence-electron chi connectivity index (χ0n) is 7.28. The van der Waals surface area contributed by atoms with E-state index in [1.807, 2.05) is 0 Å². The molecule has 1 N–H and O–H groups in total. The van der Waals surface area contributed by atoms with Gasteiger partial charge < -0.3 is 15.0 Å². The Labute approximate surface area is 141 Å². The molecule has 0 saturated heterocycles. The average Bonchev–Trinajstić information content (AvgIpc) is 2.11.